The van der Waals surface area contributed by atoms with Crippen LogP contribution in [0.1, 0.15) is 10.4 Å². The molecule has 2 heterocycles. The second kappa shape index (κ2) is 7.67. The molecule has 0 spiro atoms. The van der Waals surface area contributed by atoms with Crippen molar-refractivity contribution in [1.29, 1.82) is 0 Å². The Morgan fingerprint density at radius 2 is 1.79 bits per heavy atom. The number of carbonyl (C=O) groups is 1. The van der Waals surface area contributed by atoms with Gasteiger partial charge in [0.15, 0.2) is 0 Å². The van der Waals surface area contributed by atoms with E-state index in [1.54, 1.807) is 42.5 Å². The molecule has 2 aromatic heterocycles. The first-order valence-electron chi connectivity index (χ1n) is 8.12. The molecule has 9 heteroatoms. The van der Waals surface area contributed by atoms with Crippen molar-refractivity contribution < 1.29 is 4.79 Å². The predicted molar refractivity (Wildman–Crippen MR) is 113 cm³/mol. The van der Waals surface area contributed by atoms with Crippen LogP contribution in [-0.4, -0.2) is 20.9 Å². The Balaban J connectivity index is 1.58. The van der Waals surface area contributed by atoms with E-state index in [1.165, 1.54) is 12.4 Å². The minimum absolute atomic E-state index is 0.262. The fraction of sp³-hybridized carbons (Fsp3) is 0. The number of rotatable bonds is 4. The Bertz CT molecular complexity index is 1170. The number of H-pyrrole nitrogens is 1. The number of anilines is 3. The quantitative estimate of drug-likeness (QED) is 0.374. The monoisotopic (exact) mass is 431 g/mol. The summed E-state index contributed by atoms with van der Waals surface area (Å²) in [6, 6.07) is 12.1. The first-order valence-corrected chi connectivity index (χ1v) is 9.26. The van der Waals surface area contributed by atoms with Gasteiger partial charge in [0, 0.05) is 28.7 Å². The molecule has 0 atom stereocenters. The highest BCUT2D eigenvalue weighted by Crippen LogP contribution is 2.31. The highest BCUT2D eigenvalue weighted by atomic mass is 35.5. The number of benzene rings is 2. The Morgan fingerprint density at radius 3 is 2.54 bits per heavy atom. The lowest BCUT2D eigenvalue weighted by Crippen LogP contribution is -2.11. The molecule has 0 bridgehead atoms. The molecule has 0 aliphatic carbocycles. The van der Waals surface area contributed by atoms with Gasteiger partial charge in [-0.25, -0.2) is 4.98 Å². The van der Waals surface area contributed by atoms with E-state index in [2.05, 4.69) is 25.6 Å². The van der Waals surface area contributed by atoms with Crippen molar-refractivity contribution in [1.82, 2.24) is 15.0 Å². The summed E-state index contributed by atoms with van der Waals surface area (Å²) in [6.07, 6.45) is 2.97. The summed E-state index contributed by atoms with van der Waals surface area (Å²) in [4.78, 5) is 24.0. The van der Waals surface area contributed by atoms with Crippen LogP contribution in [0.3, 0.4) is 0 Å². The molecule has 4 rings (SSSR count). The summed E-state index contributed by atoms with van der Waals surface area (Å²) in [5, 5.41) is 7.13. The molecule has 2 aromatic carbocycles. The number of amides is 1. The minimum Gasteiger partial charge on any atom is -0.324 e. The van der Waals surface area contributed by atoms with Crippen molar-refractivity contribution in [3.8, 4) is 0 Å². The molecule has 0 aliphatic heterocycles. The zero-order valence-electron chi connectivity index (χ0n) is 14.1. The van der Waals surface area contributed by atoms with Crippen LogP contribution < -0.4 is 10.6 Å². The predicted octanol–water partition coefficient (Wildman–Crippen LogP) is 5.91. The van der Waals surface area contributed by atoms with E-state index in [4.69, 9.17) is 34.8 Å². The van der Waals surface area contributed by atoms with Crippen molar-refractivity contribution >= 4 is 69.1 Å². The standard InChI is InChI=1S/C19H12Cl3N5O/c20-11-2-1-3-12(7-11)24-18(28)10-4-5-15-16(6-10)26-19(25-15)27-17-13(21)8-23-9-14(17)22/h1-9H,(H,24,28)(H2,23,25,26,27). The maximum Gasteiger partial charge on any atom is 0.255 e. The third-order valence-corrected chi connectivity index (χ3v) is 4.73. The maximum absolute atomic E-state index is 12.5. The van der Waals surface area contributed by atoms with Crippen molar-refractivity contribution in [2.75, 3.05) is 10.6 Å². The van der Waals surface area contributed by atoms with Gasteiger partial charge in [-0.2, -0.15) is 0 Å². The molecule has 0 radical (unpaired) electrons. The Labute approximate surface area is 174 Å². The van der Waals surface area contributed by atoms with Gasteiger partial charge < -0.3 is 15.6 Å². The molecule has 0 saturated carbocycles. The van der Waals surface area contributed by atoms with Gasteiger partial charge in [0.2, 0.25) is 5.95 Å². The first-order chi connectivity index (χ1) is 13.5. The highest BCUT2D eigenvalue weighted by molar-refractivity contribution is 6.39. The van der Waals surface area contributed by atoms with Gasteiger partial charge >= 0.3 is 0 Å². The zero-order valence-corrected chi connectivity index (χ0v) is 16.4. The van der Waals surface area contributed by atoms with Crippen LogP contribution in [0.15, 0.2) is 54.9 Å². The second-order valence-electron chi connectivity index (χ2n) is 5.88. The van der Waals surface area contributed by atoms with Gasteiger partial charge in [0.25, 0.3) is 5.91 Å². The van der Waals surface area contributed by atoms with Crippen LogP contribution in [0.2, 0.25) is 15.1 Å². The third-order valence-electron chi connectivity index (χ3n) is 3.92. The fourth-order valence-corrected chi connectivity index (χ4v) is 3.27. The van der Waals surface area contributed by atoms with Crippen LogP contribution in [0.25, 0.3) is 11.0 Å². The number of aromatic nitrogens is 3. The largest absolute Gasteiger partial charge is 0.324 e. The lowest BCUT2D eigenvalue weighted by Gasteiger charge is -2.06. The number of fused-ring (bicyclic) bond motifs is 1. The zero-order chi connectivity index (χ0) is 19.7. The van der Waals surface area contributed by atoms with Gasteiger partial charge in [-0.1, -0.05) is 40.9 Å². The number of halogens is 3. The number of hydrogen-bond acceptors (Lipinski definition) is 4. The van der Waals surface area contributed by atoms with Gasteiger partial charge in [-0.15, -0.1) is 0 Å². The van der Waals surface area contributed by atoms with E-state index in [-0.39, 0.29) is 5.91 Å². The normalized spacial score (nSPS) is 10.8. The summed E-state index contributed by atoms with van der Waals surface area (Å²) in [5.41, 5.74) is 2.94. The molecule has 28 heavy (non-hydrogen) atoms. The average molecular weight is 433 g/mol. The van der Waals surface area contributed by atoms with Crippen molar-refractivity contribution in [3.63, 3.8) is 0 Å². The fourth-order valence-electron chi connectivity index (χ4n) is 2.62. The van der Waals surface area contributed by atoms with Gasteiger partial charge in [0.1, 0.15) is 0 Å². The van der Waals surface area contributed by atoms with Crippen LogP contribution in [0.4, 0.5) is 17.3 Å². The lowest BCUT2D eigenvalue weighted by atomic mass is 10.2. The number of aromatic amines is 1. The molecule has 3 N–H and O–H groups in total. The maximum atomic E-state index is 12.5. The van der Waals surface area contributed by atoms with Gasteiger partial charge in [-0.3, -0.25) is 9.78 Å². The Morgan fingerprint density at radius 1 is 1.00 bits per heavy atom. The summed E-state index contributed by atoms with van der Waals surface area (Å²) in [5.74, 6) is 0.180. The average Bonchev–Trinajstić information content (AvgIpc) is 3.06. The topological polar surface area (TPSA) is 82.7 Å². The Hall–Kier alpha value is -2.80. The van der Waals surface area contributed by atoms with E-state index in [0.717, 1.165) is 5.52 Å². The molecular formula is C19H12Cl3N5O. The van der Waals surface area contributed by atoms with E-state index in [1.807, 2.05) is 0 Å². The third kappa shape index (κ3) is 3.89. The molecule has 6 nitrogen and oxygen atoms in total. The van der Waals surface area contributed by atoms with Crippen molar-refractivity contribution in [3.05, 3.63) is 75.5 Å². The minimum atomic E-state index is -0.262. The number of pyridine rings is 1. The molecule has 0 fully saturated rings. The molecule has 0 aliphatic rings. The summed E-state index contributed by atoms with van der Waals surface area (Å²) in [6.45, 7) is 0. The van der Waals surface area contributed by atoms with E-state index in [0.29, 0.717) is 43.5 Å². The summed E-state index contributed by atoms with van der Waals surface area (Å²) < 4.78 is 0. The molecule has 4 aromatic rings. The highest BCUT2D eigenvalue weighted by Gasteiger charge is 2.12. The van der Waals surface area contributed by atoms with Gasteiger partial charge in [0.05, 0.1) is 26.8 Å². The van der Waals surface area contributed by atoms with Crippen molar-refractivity contribution in [2.45, 2.75) is 0 Å². The lowest BCUT2D eigenvalue weighted by molar-refractivity contribution is 0.102. The van der Waals surface area contributed by atoms with E-state index < -0.39 is 0 Å². The number of hydrogen-bond donors (Lipinski definition) is 3. The van der Waals surface area contributed by atoms with Crippen LogP contribution in [-0.2, 0) is 0 Å². The van der Waals surface area contributed by atoms with Crippen LogP contribution in [0, 0.1) is 0 Å². The smallest absolute Gasteiger partial charge is 0.255 e. The molecular weight excluding hydrogens is 421 g/mol. The van der Waals surface area contributed by atoms with E-state index in [9.17, 15) is 4.79 Å². The number of nitrogens with zero attached hydrogens (tertiary/aromatic N) is 2. The van der Waals surface area contributed by atoms with E-state index >= 15 is 0 Å². The van der Waals surface area contributed by atoms with Crippen molar-refractivity contribution in [2.24, 2.45) is 0 Å². The first kappa shape index (κ1) is 18.6. The van der Waals surface area contributed by atoms with Crippen LogP contribution >= 0.6 is 34.8 Å². The Kier molecular flexibility index (Phi) is 5.09. The SMILES string of the molecule is O=C(Nc1cccc(Cl)c1)c1ccc2[nH]c(Nc3c(Cl)cncc3Cl)nc2c1. The summed E-state index contributed by atoms with van der Waals surface area (Å²) in [7, 11) is 0. The second-order valence-corrected chi connectivity index (χ2v) is 7.14. The number of imidazole rings is 1. The summed E-state index contributed by atoms with van der Waals surface area (Å²) >= 11 is 18.2. The molecule has 0 saturated heterocycles. The molecule has 140 valence electrons. The number of nitrogens with one attached hydrogen (secondary N) is 3. The van der Waals surface area contributed by atoms with Gasteiger partial charge in [-0.05, 0) is 36.4 Å². The van der Waals surface area contributed by atoms with Crippen LogP contribution in [0.5, 0.6) is 0 Å². The number of carbonyl (C=O) groups excluding carboxylic acids is 1. The molecule has 0 unspecified atom stereocenters. The molecule has 1 amide bonds.